The zero-order chi connectivity index (χ0) is 18.1. The number of carbonyl (C=O) groups excluding carboxylic acids is 1. The highest BCUT2D eigenvalue weighted by atomic mass is 16.6. The Hall–Kier alpha value is -3.41. The molecule has 130 valence electrons. The summed E-state index contributed by atoms with van der Waals surface area (Å²) in [6.45, 7) is 3.71. The van der Waals surface area contributed by atoms with E-state index >= 15 is 0 Å². The molecule has 4 rings (SSSR count). The highest BCUT2D eigenvalue weighted by Crippen LogP contribution is 2.24. The van der Waals surface area contributed by atoms with Crippen LogP contribution in [0.3, 0.4) is 0 Å². The minimum atomic E-state index is -0.652. The van der Waals surface area contributed by atoms with Gasteiger partial charge in [-0.3, -0.25) is 0 Å². The van der Waals surface area contributed by atoms with Gasteiger partial charge in [0.05, 0.1) is 0 Å². The Kier molecular flexibility index (Phi) is 4.01. The van der Waals surface area contributed by atoms with Crippen LogP contribution < -0.4 is 0 Å². The van der Waals surface area contributed by atoms with Crippen LogP contribution in [0, 0.1) is 6.92 Å². The van der Waals surface area contributed by atoms with E-state index in [0.717, 1.165) is 22.0 Å². The molecular weight excluding hydrogens is 330 g/mol. The molecule has 0 aliphatic heterocycles. The van der Waals surface area contributed by atoms with Crippen molar-refractivity contribution in [2.75, 3.05) is 0 Å². The van der Waals surface area contributed by atoms with E-state index in [1.54, 1.807) is 13.0 Å². The second-order valence-corrected chi connectivity index (χ2v) is 6.13. The first kappa shape index (κ1) is 16.1. The fourth-order valence-corrected chi connectivity index (χ4v) is 2.67. The molecule has 2 heterocycles. The molecule has 2 aromatic heterocycles. The van der Waals surface area contributed by atoms with Gasteiger partial charge >= 0.3 is 5.97 Å². The van der Waals surface area contributed by atoms with E-state index < -0.39 is 12.1 Å². The monoisotopic (exact) mass is 347 g/mol. The number of esters is 1. The van der Waals surface area contributed by atoms with Crippen molar-refractivity contribution >= 4 is 16.9 Å². The van der Waals surface area contributed by atoms with Gasteiger partial charge in [-0.05, 0) is 38.1 Å². The van der Waals surface area contributed by atoms with Crippen LogP contribution in [0.25, 0.3) is 22.4 Å². The van der Waals surface area contributed by atoms with Gasteiger partial charge in [0.2, 0.25) is 5.89 Å². The minimum absolute atomic E-state index is 0.255. The summed E-state index contributed by atoms with van der Waals surface area (Å²) >= 11 is 0. The number of aryl methyl sites for hydroxylation is 1. The summed E-state index contributed by atoms with van der Waals surface area (Å²) in [5.41, 5.74) is 3.24. The Morgan fingerprint density at radius 2 is 1.88 bits per heavy atom. The fourth-order valence-electron chi connectivity index (χ4n) is 2.67. The molecule has 0 saturated heterocycles. The summed E-state index contributed by atoms with van der Waals surface area (Å²) in [6.07, 6.45) is -0.652. The van der Waals surface area contributed by atoms with Crippen molar-refractivity contribution in [1.29, 1.82) is 0 Å². The molecule has 0 saturated carbocycles. The van der Waals surface area contributed by atoms with Crippen molar-refractivity contribution in [3.63, 3.8) is 0 Å². The molecule has 0 bridgehead atoms. The van der Waals surface area contributed by atoms with E-state index in [4.69, 9.17) is 9.15 Å². The SMILES string of the molecule is Cc1ccc(-c2nnc(C(C)OC(=O)c3cc4ccccc4[nH]3)o2)cc1. The molecule has 1 atom stereocenters. The summed E-state index contributed by atoms with van der Waals surface area (Å²) < 4.78 is 11.1. The molecule has 0 aliphatic carbocycles. The third-order valence-electron chi connectivity index (χ3n) is 4.12. The zero-order valence-electron chi connectivity index (χ0n) is 14.4. The van der Waals surface area contributed by atoms with Gasteiger partial charge in [0.15, 0.2) is 6.10 Å². The number of para-hydroxylation sites is 1. The molecule has 1 unspecified atom stereocenters. The van der Waals surface area contributed by atoms with Crippen molar-refractivity contribution < 1.29 is 13.9 Å². The van der Waals surface area contributed by atoms with Crippen LogP contribution >= 0.6 is 0 Å². The molecule has 6 heteroatoms. The van der Waals surface area contributed by atoms with Gasteiger partial charge in [-0.25, -0.2) is 4.79 Å². The molecule has 0 aliphatic rings. The number of rotatable bonds is 4. The number of aromatic amines is 1. The number of nitrogens with zero attached hydrogens (tertiary/aromatic N) is 2. The molecular formula is C20H17N3O3. The number of fused-ring (bicyclic) bond motifs is 1. The summed E-state index contributed by atoms with van der Waals surface area (Å²) in [4.78, 5) is 15.4. The number of hydrogen-bond donors (Lipinski definition) is 1. The Labute approximate surface area is 149 Å². The Balaban J connectivity index is 1.50. The molecule has 0 amide bonds. The predicted octanol–water partition coefficient (Wildman–Crippen LogP) is 4.44. The van der Waals surface area contributed by atoms with Gasteiger partial charge in [0.25, 0.3) is 5.89 Å². The number of carbonyl (C=O) groups is 1. The predicted molar refractivity (Wildman–Crippen MR) is 96.6 cm³/mol. The van der Waals surface area contributed by atoms with Gasteiger partial charge in [-0.15, -0.1) is 10.2 Å². The van der Waals surface area contributed by atoms with Gasteiger partial charge in [0.1, 0.15) is 5.69 Å². The van der Waals surface area contributed by atoms with E-state index in [0.29, 0.717) is 11.6 Å². The number of nitrogens with one attached hydrogen (secondary N) is 1. The van der Waals surface area contributed by atoms with Crippen LogP contribution in [0.1, 0.15) is 35.0 Å². The van der Waals surface area contributed by atoms with Crippen LogP contribution in [0.2, 0.25) is 0 Å². The number of aromatic nitrogens is 3. The third kappa shape index (κ3) is 3.09. The normalized spacial score (nSPS) is 12.2. The summed E-state index contributed by atoms with van der Waals surface area (Å²) in [6, 6.07) is 17.2. The van der Waals surface area contributed by atoms with Crippen molar-refractivity contribution in [3.05, 3.63) is 71.7 Å². The maximum atomic E-state index is 12.4. The van der Waals surface area contributed by atoms with Gasteiger partial charge in [-0.2, -0.15) is 0 Å². The van der Waals surface area contributed by atoms with E-state index in [2.05, 4.69) is 15.2 Å². The van der Waals surface area contributed by atoms with E-state index in [1.807, 2.05) is 55.5 Å². The summed E-state index contributed by atoms with van der Waals surface area (Å²) in [5.74, 6) is 0.183. The first-order valence-electron chi connectivity index (χ1n) is 8.29. The van der Waals surface area contributed by atoms with E-state index in [-0.39, 0.29) is 5.89 Å². The van der Waals surface area contributed by atoms with Gasteiger partial charge in [0, 0.05) is 16.5 Å². The standard InChI is InChI=1S/C20H17N3O3/c1-12-7-9-14(10-8-12)19-23-22-18(26-19)13(2)25-20(24)17-11-15-5-3-4-6-16(15)21-17/h3-11,13,21H,1-2H3. The highest BCUT2D eigenvalue weighted by Gasteiger charge is 2.21. The first-order valence-corrected chi connectivity index (χ1v) is 8.29. The van der Waals surface area contributed by atoms with Gasteiger partial charge < -0.3 is 14.1 Å². The summed E-state index contributed by atoms with van der Waals surface area (Å²) in [5, 5.41) is 8.99. The van der Waals surface area contributed by atoms with Crippen LogP contribution in [-0.4, -0.2) is 21.2 Å². The largest absolute Gasteiger partial charge is 0.448 e. The smallest absolute Gasteiger partial charge is 0.355 e. The highest BCUT2D eigenvalue weighted by molar-refractivity contribution is 5.94. The molecule has 2 aromatic carbocycles. The average molecular weight is 347 g/mol. The minimum Gasteiger partial charge on any atom is -0.448 e. The van der Waals surface area contributed by atoms with Crippen molar-refractivity contribution in [2.45, 2.75) is 20.0 Å². The lowest BCUT2D eigenvalue weighted by molar-refractivity contribution is 0.0274. The maximum absolute atomic E-state index is 12.4. The van der Waals surface area contributed by atoms with Crippen LogP contribution in [0.4, 0.5) is 0 Å². The summed E-state index contributed by atoms with van der Waals surface area (Å²) in [7, 11) is 0. The molecule has 0 radical (unpaired) electrons. The van der Waals surface area contributed by atoms with E-state index in [9.17, 15) is 4.79 Å². The average Bonchev–Trinajstić information content (AvgIpc) is 3.29. The molecule has 1 N–H and O–H groups in total. The zero-order valence-corrected chi connectivity index (χ0v) is 14.4. The van der Waals surface area contributed by atoms with Crippen molar-refractivity contribution in [2.24, 2.45) is 0 Å². The molecule has 0 spiro atoms. The topological polar surface area (TPSA) is 81.0 Å². The fraction of sp³-hybridized carbons (Fsp3) is 0.150. The Bertz CT molecular complexity index is 1030. The quantitative estimate of drug-likeness (QED) is 0.552. The molecule has 26 heavy (non-hydrogen) atoms. The second-order valence-electron chi connectivity index (χ2n) is 6.13. The lowest BCUT2D eigenvalue weighted by Gasteiger charge is -2.08. The van der Waals surface area contributed by atoms with E-state index in [1.165, 1.54) is 0 Å². The lowest BCUT2D eigenvalue weighted by Crippen LogP contribution is -2.09. The van der Waals surface area contributed by atoms with Crippen LogP contribution in [-0.2, 0) is 4.74 Å². The molecule has 4 aromatic rings. The van der Waals surface area contributed by atoms with Crippen molar-refractivity contribution in [1.82, 2.24) is 15.2 Å². The number of hydrogen-bond acceptors (Lipinski definition) is 5. The van der Waals surface area contributed by atoms with Crippen LogP contribution in [0.15, 0.2) is 59.0 Å². The number of H-pyrrole nitrogens is 1. The van der Waals surface area contributed by atoms with Gasteiger partial charge in [-0.1, -0.05) is 35.9 Å². The number of ether oxygens (including phenoxy) is 1. The maximum Gasteiger partial charge on any atom is 0.355 e. The Morgan fingerprint density at radius 1 is 1.12 bits per heavy atom. The first-order chi connectivity index (χ1) is 12.6. The Morgan fingerprint density at radius 3 is 2.65 bits per heavy atom. The van der Waals surface area contributed by atoms with Crippen molar-refractivity contribution in [3.8, 4) is 11.5 Å². The third-order valence-corrected chi connectivity index (χ3v) is 4.12. The molecule has 0 fully saturated rings. The number of benzene rings is 2. The molecule has 6 nitrogen and oxygen atoms in total. The van der Waals surface area contributed by atoms with Crippen LogP contribution in [0.5, 0.6) is 0 Å². The second kappa shape index (κ2) is 6.48. The lowest BCUT2D eigenvalue weighted by atomic mass is 10.1.